The van der Waals surface area contributed by atoms with E-state index >= 15 is 0 Å². The smallest absolute Gasteiger partial charge is 0.255 e. The molecule has 0 aromatic heterocycles. The van der Waals surface area contributed by atoms with Gasteiger partial charge in [-0.2, -0.15) is 0 Å². The van der Waals surface area contributed by atoms with E-state index in [4.69, 9.17) is 4.74 Å². The number of unbranched alkanes of at least 4 members (excludes halogenated alkanes) is 2. The van der Waals surface area contributed by atoms with Crippen molar-refractivity contribution in [3.05, 3.63) is 28.2 Å². The van der Waals surface area contributed by atoms with Gasteiger partial charge in [-0.15, -0.1) is 0 Å². The normalized spacial score (nSPS) is 10.2. The van der Waals surface area contributed by atoms with Crippen LogP contribution in [0, 0.1) is 0 Å². The van der Waals surface area contributed by atoms with Gasteiger partial charge in [0.2, 0.25) is 0 Å². The maximum Gasteiger partial charge on any atom is 0.255 e. The largest absolute Gasteiger partial charge is 0.496 e. The van der Waals surface area contributed by atoms with Crippen LogP contribution >= 0.6 is 31.9 Å². The number of nitrogens with one attached hydrogen (secondary N) is 1. The first-order valence-electron chi connectivity index (χ1n) is 5.86. The number of alkyl halides is 1. The second kappa shape index (κ2) is 8.53. The molecule has 0 atom stereocenters. The molecular formula is C13H17Br2NO2. The lowest BCUT2D eigenvalue weighted by atomic mass is 10.2. The quantitative estimate of drug-likeness (QED) is 0.579. The van der Waals surface area contributed by atoms with E-state index in [9.17, 15) is 4.79 Å². The second-order valence-electron chi connectivity index (χ2n) is 3.85. The Labute approximate surface area is 125 Å². The molecule has 0 aliphatic carbocycles. The summed E-state index contributed by atoms with van der Waals surface area (Å²) in [6.07, 6.45) is 3.25. The average Bonchev–Trinajstić information content (AvgIpc) is 2.38. The SMILES string of the molecule is COc1cc(Br)ccc1C(=O)NCCCCCBr. The molecule has 1 aromatic carbocycles. The topological polar surface area (TPSA) is 38.3 Å². The number of carbonyl (C=O) groups excluding carboxylic acids is 1. The zero-order chi connectivity index (χ0) is 13.4. The van der Waals surface area contributed by atoms with Crippen molar-refractivity contribution >= 4 is 37.8 Å². The van der Waals surface area contributed by atoms with Gasteiger partial charge in [0, 0.05) is 16.3 Å². The van der Waals surface area contributed by atoms with E-state index in [1.54, 1.807) is 19.2 Å². The monoisotopic (exact) mass is 377 g/mol. The van der Waals surface area contributed by atoms with Gasteiger partial charge in [-0.05, 0) is 31.0 Å². The van der Waals surface area contributed by atoms with E-state index in [1.165, 1.54) is 0 Å². The first-order valence-corrected chi connectivity index (χ1v) is 7.78. The highest BCUT2D eigenvalue weighted by Gasteiger charge is 2.11. The van der Waals surface area contributed by atoms with Crippen LogP contribution in [0.15, 0.2) is 22.7 Å². The fraction of sp³-hybridized carbons (Fsp3) is 0.462. The Hall–Kier alpha value is -0.550. The van der Waals surface area contributed by atoms with Crippen LogP contribution < -0.4 is 10.1 Å². The van der Waals surface area contributed by atoms with Gasteiger partial charge in [-0.3, -0.25) is 4.79 Å². The third-order valence-electron chi connectivity index (χ3n) is 2.50. The van der Waals surface area contributed by atoms with Gasteiger partial charge in [-0.25, -0.2) is 0 Å². The van der Waals surface area contributed by atoms with Crippen LogP contribution in [-0.2, 0) is 0 Å². The van der Waals surface area contributed by atoms with Gasteiger partial charge in [0.25, 0.3) is 5.91 Å². The minimum atomic E-state index is -0.0850. The molecule has 3 nitrogen and oxygen atoms in total. The number of rotatable bonds is 7. The van der Waals surface area contributed by atoms with Gasteiger partial charge in [0.15, 0.2) is 0 Å². The number of carbonyl (C=O) groups is 1. The van der Waals surface area contributed by atoms with E-state index in [2.05, 4.69) is 37.2 Å². The lowest BCUT2D eigenvalue weighted by Gasteiger charge is -2.09. The van der Waals surface area contributed by atoms with Crippen LogP contribution in [0.4, 0.5) is 0 Å². The number of benzene rings is 1. The van der Waals surface area contributed by atoms with Crippen molar-refractivity contribution in [3.63, 3.8) is 0 Å². The summed E-state index contributed by atoms with van der Waals surface area (Å²) in [5.74, 6) is 0.500. The Morgan fingerprint density at radius 2 is 2.11 bits per heavy atom. The second-order valence-corrected chi connectivity index (χ2v) is 5.56. The summed E-state index contributed by atoms with van der Waals surface area (Å²) in [6.45, 7) is 0.699. The van der Waals surface area contributed by atoms with E-state index in [1.807, 2.05) is 6.07 Å². The Morgan fingerprint density at radius 1 is 1.33 bits per heavy atom. The fourth-order valence-electron chi connectivity index (χ4n) is 1.55. The maximum atomic E-state index is 12.0. The Balaban J connectivity index is 2.51. The number of halogens is 2. The number of ether oxygens (including phenoxy) is 1. The van der Waals surface area contributed by atoms with Crippen LogP contribution in [0.1, 0.15) is 29.6 Å². The number of hydrogen-bond acceptors (Lipinski definition) is 2. The fourth-order valence-corrected chi connectivity index (χ4v) is 2.28. The molecule has 1 N–H and O–H groups in total. The molecule has 0 heterocycles. The van der Waals surface area contributed by atoms with Gasteiger partial charge in [-0.1, -0.05) is 38.3 Å². The minimum absolute atomic E-state index is 0.0850. The highest BCUT2D eigenvalue weighted by atomic mass is 79.9. The van der Waals surface area contributed by atoms with Crippen molar-refractivity contribution < 1.29 is 9.53 Å². The zero-order valence-corrected chi connectivity index (χ0v) is 13.5. The minimum Gasteiger partial charge on any atom is -0.496 e. The van der Waals surface area contributed by atoms with E-state index < -0.39 is 0 Å². The molecule has 5 heteroatoms. The van der Waals surface area contributed by atoms with Crippen molar-refractivity contribution in [2.75, 3.05) is 19.0 Å². The average molecular weight is 379 g/mol. The molecule has 0 bridgehead atoms. The van der Waals surface area contributed by atoms with Gasteiger partial charge in [0.1, 0.15) is 5.75 Å². The highest BCUT2D eigenvalue weighted by Crippen LogP contribution is 2.23. The number of methoxy groups -OCH3 is 1. The zero-order valence-electron chi connectivity index (χ0n) is 10.3. The predicted molar refractivity (Wildman–Crippen MR) is 80.7 cm³/mol. The predicted octanol–water partition coefficient (Wildman–Crippen LogP) is 3.75. The van der Waals surface area contributed by atoms with E-state index in [0.717, 1.165) is 29.1 Å². The first kappa shape index (κ1) is 15.5. The number of amides is 1. The molecule has 0 spiro atoms. The van der Waals surface area contributed by atoms with Gasteiger partial charge < -0.3 is 10.1 Å². The summed E-state index contributed by atoms with van der Waals surface area (Å²) < 4.78 is 6.09. The van der Waals surface area contributed by atoms with E-state index in [-0.39, 0.29) is 5.91 Å². The molecular weight excluding hydrogens is 362 g/mol. The Kier molecular flexibility index (Phi) is 7.35. The molecule has 1 rings (SSSR count). The van der Waals surface area contributed by atoms with Crippen LogP contribution in [0.25, 0.3) is 0 Å². The molecule has 1 amide bonds. The van der Waals surface area contributed by atoms with Crippen molar-refractivity contribution in [2.24, 2.45) is 0 Å². The molecule has 100 valence electrons. The molecule has 0 unspecified atom stereocenters. The van der Waals surface area contributed by atoms with Crippen molar-refractivity contribution in [1.82, 2.24) is 5.32 Å². The van der Waals surface area contributed by atoms with Crippen molar-refractivity contribution in [2.45, 2.75) is 19.3 Å². The molecule has 0 saturated carbocycles. The first-order chi connectivity index (χ1) is 8.69. The summed E-state index contributed by atoms with van der Waals surface area (Å²) in [4.78, 5) is 12.0. The molecule has 0 aliphatic heterocycles. The Bertz CT molecular complexity index is 397. The molecule has 0 fully saturated rings. The third kappa shape index (κ3) is 4.98. The lowest BCUT2D eigenvalue weighted by molar-refractivity contribution is 0.0950. The molecule has 0 radical (unpaired) electrons. The van der Waals surface area contributed by atoms with Crippen LogP contribution in [0.3, 0.4) is 0 Å². The van der Waals surface area contributed by atoms with E-state index in [0.29, 0.717) is 17.9 Å². The summed E-state index contributed by atoms with van der Waals surface area (Å²) in [7, 11) is 1.56. The summed E-state index contributed by atoms with van der Waals surface area (Å²) >= 11 is 6.74. The molecule has 1 aromatic rings. The molecule has 18 heavy (non-hydrogen) atoms. The van der Waals surface area contributed by atoms with Crippen LogP contribution in [0.2, 0.25) is 0 Å². The van der Waals surface area contributed by atoms with Crippen molar-refractivity contribution in [1.29, 1.82) is 0 Å². The summed E-state index contributed by atoms with van der Waals surface area (Å²) in [6, 6.07) is 5.39. The number of hydrogen-bond donors (Lipinski definition) is 1. The van der Waals surface area contributed by atoms with Crippen molar-refractivity contribution in [3.8, 4) is 5.75 Å². The van der Waals surface area contributed by atoms with Crippen LogP contribution in [0.5, 0.6) is 5.75 Å². The third-order valence-corrected chi connectivity index (χ3v) is 3.56. The summed E-state index contributed by atoms with van der Waals surface area (Å²) in [5.41, 5.74) is 0.571. The van der Waals surface area contributed by atoms with Gasteiger partial charge in [0.05, 0.1) is 12.7 Å². The Morgan fingerprint density at radius 3 is 2.78 bits per heavy atom. The maximum absolute atomic E-state index is 12.0. The molecule has 0 saturated heterocycles. The standard InChI is InChI=1S/C13H17Br2NO2/c1-18-12-9-10(15)5-6-11(12)13(17)16-8-4-2-3-7-14/h5-6,9H,2-4,7-8H2,1H3,(H,16,17). The van der Waals surface area contributed by atoms with Crippen LogP contribution in [-0.4, -0.2) is 24.9 Å². The summed E-state index contributed by atoms with van der Waals surface area (Å²) in [5, 5.41) is 3.92. The molecule has 0 aliphatic rings. The van der Waals surface area contributed by atoms with Gasteiger partial charge >= 0.3 is 0 Å². The lowest BCUT2D eigenvalue weighted by Crippen LogP contribution is -2.24. The highest BCUT2D eigenvalue weighted by molar-refractivity contribution is 9.10.